The average molecular weight is 299 g/mol. The van der Waals surface area contributed by atoms with Crippen molar-refractivity contribution >= 4 is 27.5 Å². The molecule has 0 saturated carbocycles. The van der Waals surface area contributed by atoms with Crippen LogP contribution in [0.2, 0.25) is 0 Å². The Kier molecular flexibility index (Phi) is 5.48. The normalized spacial score (nSPS) is 10.1. The molecule has 17 heavy (non-hydrogen) atoms. The number of amides is 1. The molecule has 0 aliphatic carbocycles. The van der Waals surface area contributed by atoms with E-state index in [2.05, 4.69) is 40.3 Å². The van der Waals surface area contributed by atoms with Gasteiger partial charge in [0.25, 0.3) is 0 Å². The number of benzene rings is 1. The van der Waals surface area contributed by atoms with Crippen molar-refractivity contribution in [3.63, 3.8) is 0 Å². The number of hydrogen-bond donors (Lipinski definition) is 1. The molecule has 0 unspecified atom stereocenters. The van der Waals surface area contributed by atoms with Gasteiger partial charge in [-0.3, -0.25) is 4.79 Å². The molecule has 0 radical (unpaired) electrons. The standard InChI is InChI=1S/C13H19BrN2O/c1-10-6-7-11(14)12(9-10)15-8-4-5-13(17)16(2)3/h6-7,9,15H,4-5,8H2,1-3H3. The second kappa shape index (κ2) is 6.64. The Morgan fingerprint density at radius 2 is 2.12 bits per heavy atom. The van der Waals surface area contributed by atoms with Crippen molar-refractivity contribution in [2.75, 3.05) is 26.0 Å². The van der Waals surface area contributed by atoms with Crippen LogP contribution in [0, 0.1) is 6.92 Å². The third kappa shape index (κ3) is 4.77. The Bertz CT molecular complexity index is 391. The fourth-order valence-electron chi connectivity index (χ4n) is 1.46. The molecule has 0 atom stereocenters. The minimum absolute atomic E-state index is 0.176. The molecular formula is C13H19BrN2O. The fraction of sp³-hybridized carbons (Fsp3) is 0.462. The van der Waals surface area contributed by atoms with Crippen LogP contribution in [-0.4, -0.2) is 31.4 Å². The number of halogens is 1. The van der Waals surface area contributed by atoms with Gasteiger partial charge in [-0.1, -0.05) is 6.07 Å². The summed E-state index contributed by atoms with van der Waals surface area (Å²) in [5.74, 6) is 0.176. The molecule has 0 heterocycles. The van der Waals surface area contributed by atoms with E-state index in [0.29, 0.717) is 6.42 Å². The summed E-state index contributed by atoms with van der Waals surface area (Å²) in [6.45, 7) is 2.87. The maximum absolute atomic E-state index is 11.4. The lowest BCUT2D eigenvalue weighted by atomic mass is 10.2. The van der Waals surface area contributed by atoms with Crippen molar-refractivity contribution in [1.29, 1.82) is 0 Å². The van der Waals surface area contributed by atoms with Gasteiger partial charge in [0.15, 0.2) is 0 Å². The summed E-state index contributed by atoms with van der Waals surface area (Å²) in [6, 6.07) is 6.19. The number of aryl methyl sites for hydroxylation is 1. The van der Waals surface area contributed by atoms with Crippen molar-refractivity contribution in [3.8, 4) is 0 Å². The Morgan fingerprint density at radius 1 is 1.41 bits per heavy atom. The van der Waals surface area contributed by atoms with Gasteiger partial charge in [0, 0.05) is 37.2 Å². The highest BCUT2D eigenvalue weighted by Crippen LogP contribution is 2.23. The lowest BCUT2D eigenvalue weighted by Gasteiger charge is -2.11. The third-order valence-electron chi connectivity index (χ3n) is 2.50. The van der Waals surface area contributed by atoms with E-state index in [9.17, 15) is 4.79 Å². The first-order chi connectivity index (χ1) is 8.00. The number of nitrogens with one attached hydrogen (secondary N) is 1. The lowest BCUT2D eigenvalue weighted by molar-refractivity contribution is -0.128. The van der Waals surface area contributed by atoms with E-state index in [4.69, 9.17) is 0 Å². The van der Waals surface area contributed by atoms with Crippen molar-refractivity contribution in [1.82, 2.24) is 4.90 Å². The number of anilines is 1. The van der Waals surface area contributed by atoms with E-state index < -0.39 is 0 Å². The Balaban J connectivity index is 2.36. The maximum atomic E-state index is 11.4. The number of nitrogens with zero attached hydrogens (tertiary/aromatic N) is 1. The summed E-state index contributed by atoms with van der Waals surface area (Å²) in [4.78, 5) is 13.0. The van der Waals surface area contributed by atoms with E-state index in [1.165, 1.54) is 5.56 Å². The topological polar surface area (TPSA) is 32.3 Å². The second-order valence-corrected chi connectivity index (χ2v) is 5.16. The summed E-state index contributed by atoms with van der Waals surface area (Å²) in [5.41, 5.74) is 2.31. The molecule has 0 spiro atoms. The summed E-state index contributed by atoms with van der Waals surface area (Å²) >= 11 is 3.50. The first kappa shape index (κ1) is 14.0. The average Bonchev–Trinajstić information content (AvgIpc) is 2.28. The van der Waals surface area contributed by atoms with Gasteiger partial charge in [0.1, 0.15) is 0 Å². The monoisotopic (exact) mass is 298 g/mol. The van der Waals surface area contributed by atoms with Gasteiger partial charge in [-0.05, 0) is 47.0 Å². The zero-order valence-electron chi connectivity index (χ0n) is 10.6. The maximum Gasteiger partial charge on any atom is 0.222 e. The van der Waals surface area contributed by atoms with Crippen LogP contribution in [0.5, 0.6) is 0 Å². The summed E-state index contributed by atoms with van der Waals surface area (Å²) < 4.78 is 1.06. The van der Waals surface area contributed by atoms with Gasteiger partial charge in [-0.2, -0.15) is 0 Å². The molecule has 0 fully saturated rings. The predicted molar refractivity (Wildman–Crippen MR) is 75.3 cm³/mol. The smallest absolute Gasteiger partial charge is 0.222 e. The van der Waals surface area contributed by atoms with E-state index in [1.807, 2.05) is 6.07 Å². The zero-order chi connectivity index (χ0) is 12.8. The zero-order valence-corrected chi connectivity index (χ0v) is 12.2. The van der Waals surface area contributed by atoms with E-state index in [1.54, 1.807) is 19.0 Å². The molecule has 3 nitrogen and oxygen atoms in total. The van der Waals surface area contributed by atoms with Crippen LogP contribution in [-0.2, 0) is 4.79 Å². The molecule has 1 rings (SSSR count). The van der Waals surface area contributed by atoms with E-state index >= 15 is 0 Å². The first-order valence-corrected chi connectivity index (χ1v) is 6.50. The van der Waals surface area contributed by atoms with E-state index in [-0.39, 0.29) is 5.91 Å². The molecule has 0 aliphatic rings. The number of carbonyl (C=O) groups is 1. The third-order valence-corrected chi connectivity index (χ3v) is 3.20. The summed E-state index contributed by atoms with van der Waals surface area (Å²) in [6.07, 6.45) is 1.43. The molecule has 1 N–H and O–H groups in total. The first-order valence-electron chi connectivity index (χ1n) is 5.71. The van der Waals surface area contributed by atoms with Gasteiger partial charge in [0.05, 0.1) is 0 Å². The highest BCUT2D eigenvalue weighted by atomic mass is 79.9. The predicted octanol–water partition coefficient (Wildman–Crippen LogP) is 3.04. The molecule has 0 saturated heterocycles. The molecule has 4 heteroatoms. The summed E-state index contributed by atoms with van der Waals surface area (Å²) in [7, 11) is 3.57. The Labute approximate surface area is 111 Å². The van der Waals surface area contributed by atoms with Gasteiger partial charge in [0.2, 0.25) is 5.91 Å². The molecule has 0 bridgehead atoms. The minimum atomic E-state index is 0.176. The highest BCUT2D eigenvalue weighted by molar-refractivity contribution is 9.10. The fourth-order valence-corrected chi connectivity index (χ4v) is 1.85. The molecule has 1 aromatic carbocycles. The van der Waals surface area contributed by atoms with Crippen LogP contribution in [0.15, 0.2) is 22.7 Å². The quantitative estimate of drug-likeness (QED) is 0.848. The van der Waals surface area contributed by atoms with Gasteiger partial charge in [-0.15, -0.1) is 0 Å². The second-order valence-electron chi connectivity index (χ2n) is 4.30. The molecule has 1 aromatic rings. The number of rotatable bonds is 5. The molecule has 94 valence electrons. The van der Waals surface area contributed by atoms with Crippen LogP contribution in [0.1, 0.15) is 18.4 Å². The number of hydrogen-bond acceptors (Lipinski definition) is 2. The van der Waals surface area contributed by atoms with Crippen LogP contribution in [0.4, 0.5) is 5.69 Å². The largest absolute Gasteiger partial charge is 0.384 e. The van der Waals surface area contributed by atoms with Crippen molar-refractivity contribution in [2.45, 2.75) is 19.8 Å². The van der Waals surface area contributed by atoms with Crippen molar-refractivity contribution in [2.24, 2.45) is 0 Å². The highest BCUT2D eigenvalue weighted by Gasteiger charge is 2.03. The van der Waals surface area contributed by atoms with Crippen LogP contribution < -0.4 is 5.32 Å². The molecule has 1 amide bonds. The molecule has 0 aromatic heterocycles. The van der Waals surface area contributed by atoms with Crippen LogP contribution in [0.3, 0.4) is 0 Å². The van der Waals surface area contributed by atoms with Crippen molar-refractivity contribution < 1.29 is 4.79 Å². The van der Waals surface area contributed by atoms with Gasteiger partial charge >= 0.3 is 0 Å². The van der Waals surface area contributed by atoms with E-state index in [0.717, 1.165) is 23.1 Å². The minimum Gasteiger partial charge on any atom is -0.384 e. The Morgan fingerprint density at radius 3 is 2.76 bits per heavy atom. The molecule has 0 aliphatic heterocycles. The Hall–Kier alpha value is -1.03. The van der Waals surface area contributed by atoms with Crippen molar-refractivity contribution in [3.05, 3.63) is 28.2 Å². The lowest BCUT2D eigenvalue weighted by Crippen LogP contribution is -2.22. The summed E-state index contributed by atoms with van der Waals surface area (Å²) in [5, 5.41) is 3.33. The van der Waals surface area contributed by atoms with Crippen LogP contribution >= 0.6 is 15.9 Å². The SMILES string of the molecule is Cc1ccc(Br)c(NCCCC(=O)N(C)C)c1. The number of carbonyl (C=O) groups excluding carboxylic acids is 1. The van der Waals surface area contributed by atoms with Gasteiger partial charge < -0.3 is 10.2 Å². The van der Waals surface area contributed by atoms with Gasteiger partial charge in [-0.25, -0.2) is 0 Å². The van der Waals surface area contributed by atoms with Crippen LogP contribution in [0.25, 0.3) is 0 Å². The molecular weight excluding hydrogens is 280 g/mol.